The van der Waals surface area contributed by atoms with Gasteiger partial charge in [-0.2, -0.15) is 0 Å². The van der Waals surface area contributed by atoms with Crippen LogP contribution in [-0.2, 0) is 11.8 Å². The fraction of sp³-hybridized carbons (Fsp3) is 0.227. The summed E-state index contributed by atoms with van der Waals surface area (Å²) < 4.78 is 0. The van der Waals surface area contributed by atoms with E-state index in [0.717, 1.165) is 25.2 Å². The molecule has 1 fully saturated rings. The zero-order chi connectivity index (χ0) is 30.4. The van der Waals surface area contributed by atoms with Gasteiger partial charge in [0.05, 0.1) is 5.41 Å². The van der Waals surface area contributed by atoms with E-state index in [1.165, 1.54) is 63.0 Å². The maximum atomic E-state index is 4.19. The van der Waals surface area contributed by atoms with Crippen LogP contribution >= 0.6 is 0 Å². The van der Waals surface area contributed by atoms with E-state index in [4.69, 9.17) is 0 Å². The predicted octanol–water partition coefficient (Wildman–Crippen LogP) is 11.6. The van der Waals surface area contributed by atoms with Gasteiger partial charge in [-0.15, -0.1) is 0 Å². The number of fused-ring (bicyclic) bond motifs is 2. The molecule has 3 aromatic carbocycles. The Morgan fingerprint density at radius 1 is 0.841 bits per heavy atom. The van der Waals surface area contributed by atoms with Gasteiger partial charge in [-0.1, -0.05) is 152 Å². The lowest BCUT2D eigenvalue weighted by Gasteiger charge is -2.37. The molecule has 0 heterocycles. The highest BCUT2D eigenvalue weighted by molar-refractivity contribution is 5.90. The molecule has 2 unspecified atom stereocenters. The minimum Gasteiger partial charge on any atom is -0.0988 e. The molecule has 3 aromatic rings. The molecule has 0 nitrogen and oxygen atoms in total. The number of allylic oxidation sites excluding steroid dienone is 15. The Morgan fingerprint density at radius 3 is 2.34 bits per heavy atom. The van der Waals surface area contributed by atoms with Crippen molar-refractivity contribution in [2.75, 3.05) is 0 Å². The van der Waals surface area contributed by atoms with E-state index >= 15 is 0 Å². The predicted molar refractivity (Wildman–Crippen MR) is 190 cm³/mol. The minimum absolute atomic E-state index is 0.279. The summed E-state index contributed by atoms with van der Waals surface area (Å²) in [6, 6.07) is 29.4. The van der Waals surface area contributed by atoms with Gasteiger partial charge in [0.25, 0.3) is 0 Å². The van der Waals surface area contributed by atoms with Crippen LogP contribution in [0, 0.1) is 5.92 Å². The summed E-state index contributed by atoms with van der Waals surface area (Å²) in [4.78, 5) is 0. The zero-order valence-corrected chi connectivity index (χ0v) is 26.3. The molecule has 0 bridgehead atoms. The fourth-order valence-corrected chi connectivity index (χ4v) is 7.12. The highest BCUT2D eigenvalue weighted by atomic mass is 14.5. The average Bonchev–Trinajstić information content (AvgIpc) is 3.84. The van der Waals surface area contributed by atoms with Crippen molar-refractivity contribution in [1.82, 2.24) is 0 Å². The van der Waals surface area contributed by atoms with Crippen molar-refractivity contribution in [3.05, 3.63) is 197 Å². The lowest BCUT2D eigenvalue weighted by Crippen LogP contribution is -2.30. The molecule has 2 atom stereocenters. The Balaban J connectivity index is 1.67. The second-order valence-electron chi connectivity index (χ2n) is 12.5. The lowest BCUT2D eigenvalue weighted by atomic mass is 9.65. The first-order chi connectivity index (χ1) is 21.7. The van der Waals surface area contributed by atoms with E-state index in [1.807, 2.05) is 6.08 Å². The van der Waals surface area contributed by atoms with Gasteiger partial charge in [-0.3, -0.25) is 0 Å². The lowest BCUT2D eigenvalue weighted by molar-refractivity contribution is 0.611. The summed E-state index contributed by atoms with van der Waals surface area (Å²) in [6.45, 7) is 8.53. The molecule has 220 valence electrons. The van der Waals surface area contributed by atoms with E-state index in [9.17, 15) is 0 Å². The third kappa shape index (κ3) is 6.00. The molecule has 6 rings (SSSR count). The van der Waals surface area contributed by atoms with Crippen LogP contribution in [0.25, 0.3) is 5.57 Å². The summed E-state index contributed by atoms with van der Waals surface area (Å²) in [5.41, 5.74) is 11.9. The van der Waals surface area contributed by atoms with Gasteiger partial charge in [-0.05, 0) is 102 Å². The molecule has 0 aromatic heterocycles. The third-order valence-electron chi connectivity index (χ3n) is 9.59. The van der Waals surface area contributed by atoms with E-state index in [1.54, 1.807) is 0 Å². The van der Waals surface area contributed by atoms with Crippen LogP contribution in [0.4, 0.5) is 0 Å². The molecule has 0 saturated heterocycles. The van der Waals surface area contributed by atoms with E-state index < -0.39 is 0 Å². The van der Waals surface area contributed by atoms with Gasteiger partial charge in [0.15, 0.2) is 0 Å². The van der Waals surface area contributed by atoms with Crippen LogP contribution in [0.5, 0.6) is 0 Å². The first-order valence-electron chi connectivity index (χ1n) is 16.3. The second kappa shape index (κ2) is 13.5. The zero-order valence-electron chi connectivity index (χ0n) is 26.3. The van der Waals surface area contributed by atoms with Crippen molar-refractivity contribution in [2.24, 2.45) is 5.92 Å². The highest BCUT2D eigenvalue weighted by Gasteiger charge is 2.46. The Kier molecular flexibility index (Phi) is 9.08. The normalized spacial score (nSPS) is 24.8. The fourth-order valence-electron chi connectivity index (χ4n) is 7.12. The summed E-state index contributed by atoms with van der Waals surface area (Å²) in [7, 11) is 0. The maximum Gasteiger partial charge on any atom is 0.0506 e. The van der Waals surface area contributed by atoms with Crippen molar-refractivity contribution in [2.45, 2.75) is 57.3 Å². The first kappa shape index (κ1) is 29.6. The first-order valence-corrected chi connectivity index (χ1v) is 16.3. The monoisotopic (exact) mass is 572 g/mol. The third-order valence-corrected chi connectivity index (χ3v) is 9.59. The van der Waals surface area contributed by atoms with E-state index in [2.05, 4.69) is 160 Å². The van der Waals surface area contributed by atoms with E-state index in [-0.39, 0.29) is 11.3 Å². The van der Waals surface area contributed by atoms with Crippen LogP contribution in [0.2, 0.25) is 0 Å². The molecule has 3 aliphatic carbocycles. The molecule has 44 heavy (non-hydrogen) atoms. The van der Waals surface area contributed by atoms with Crippen LogP contribution < -0.4 is 0 Å². The van der Waals surface area contributed by atoms with Crippen LogP contribution in [0.3, 0.4) is 0 Å². The summed E-state index contributed by atoms with van der Waals surface area (Å²) in [6.07, 6.45) is 30.5. The maximum absolute atomic E-state index is 4.19. The number of hydrogen-bond acceptors (Lipinski definition) is 0. The summed E-state index contributed by atoms with van der Waals surface area (Å²) >= 11 is 0. The van der Waals surface area contributed by atoms with Crippen LogP contribution in [0.15, 0.2) is 169 Å². The molecule has 3 aliphatic rings. The average molecular weight is 573 g/mol. The second-order valence-corrected chi connectivity index (χ2v) is 12.5. The molecular weight excluding hydrogens is 528 g/mol. The van der Waals surface area contributed by atoms with Crippen molar-refractivity contribution in [1.29, 1.82) is 0 Å². The molecule has 0 heteroatoms. The molecule has 0 amide bonds. The quantitative estimate of drug-likeness (QED) is 0.236. The smallest absolute Gasteiger partial charge is 0.0506 e. The van der Waals surface area contributed by atoms with Gasteiger partial charge in [0.1, 0.15) is 0 Å². The SMILES string of the molecule is C=C/C(C)=C(\C=C/C)CC1(c2ccccc2CC2CC2)C2=C(\C=C/C=C/C=C\CC(c3ccccc3)/C=C/2)c2ccccc21. The van der Waals surface area contributed by atoms with Crippen molar-refractivity contribution < 1.29 is 0 Å². The Morgan fingerprint density at radius 2 is 1.57 bits per heavy atom. The summed E-state index contributed by atoms with van der Waals surface area (Å²) in [5.74, 6) is 1.08. The van der Waals surface area contributed by atoms with Crippen LogP contribution in [0.1, 0.15) is 73.3 Å². The molecule has 0 N–H and O–H groups in total. The Labute approximate surface area is 264 Å². The Bertz CT molecular complexity index is 1710. The molecular formula is C44H44. The minimum atomic E-state index is -0.345. The Hall–Kier alpha value is -4.42. The number of rotatable bonds is 8. The standard InChI is InChI=1S/C44H44/c1-4-18-38(33(3)5-2)32-44(41-25-16-14-22-37(41)31-34-27-28-34)42-26-17-15-24-39(42)40-23-13-8-6-7-10-21-36(29-30-43(40)44)35-19-11-9-12-20-35/h4-20,22-26,29-30,34,36H,2,21,27-28,31-32H2,1,3H3/b8-6+,10-7-,18-4-,23-13-,30-29+,38-33+. The van der Waals surface area contributed by atoms with Gasteiger partial charge in [-0.25, -0.2) is 0 Å². The van der Waals surface area contributed by atoms with E-state index in [0.29, 0.717) is 0 Å². The van der Waals surface area contributed by atoms with Crippen molar-refractivity contribution in [3.63, 3.8) is 0 Å². The molecule has 0 spiro atoms. The van der Waals surface area contributed by atoms with Crippen molar-refractivity contribution in [3.8, 4) is 0 Å². The molecule has 0 radical (unpaired) electrons. The highest BCUT2D eigenvalue weighted by Crippen LogP contribution is 2.56. The van der Waals surface area contributed by atoms with Gasteiger partial charge < -0.3 is 0 Å². The van der Waals surface area contributed by atoms with Crippen molar-refractivity contribution >= 4 is 5.57 Å². The van der Waals surface area contributed by atoms with Crippen LogP contribution in [-0.4, -0.2) is 0 Å². The van der Waals surface area contributed by atoms with Gasteiger partial charge >= 0.3 is 0 Å². The largest absolute Gasteiger partial charge is 0.0988 e. The topological polar surface area (TPSA) is 0 Å². The number of benzene rings is 3. The molecule has 1 saturated carbocycles. The van der Waals surface area contributed by atoms with Gasteiger partial charge in [0, 0.05) is 5.92 Å². The number of hydrogen-bond donors (Lipinski definition) is 0. The molecule has 0 aliphatic heterocycles. The summed E-state index contributed by atoms with van der Waals surface area (Å²) in [5, 5.41) is 0. The van der Waals surface area contributed by atoms with Gasteiger partial charge in [0.2, 0.25) is 0 Å².